The molecule has 13 heteroatoms. The Hall–Kier alpha value is -4.23. The zero-order valence-corrected chi connectivity index (χ0v) is 28.4. The van der Waals surface area contributed by atoms with Gasteiger partial charge in [0.15, 0.2) is 12.6 Å². The van der Waals surface area contributed by atoms with Gasteiger partial charge in [0.25, 0.3) is 0 Å². The van der Waals surface area contributed by atoms with Crippen molar-refractivity contribution in [2.24, 2.45) is 17.8 Å². The van der Waals surface area contributed by atoms with E-state index < -0.39 is 23.3 Å². The first-order valence-corrected chi connectivity index (χ1v) is 17.3. The van der Waals surface area contributed by atoms with Gasteiger partial charge < -0.3 is 23.8 Å². The van der Waals surface area contributed by atoms with E-state index in [1.54, 1.807) is 24.4 Å². The number of esters is 1. The number of hydrogen-bond donors (Lipinski definition) is 0. The number of halogens is 3. The molecule has 10 nitrogen and oxygen atoms in total. The number of rotatable bonds is 10. The van der Waals surface area contributed by atoms with E-state index in [0.717, 1.165) is 19.4 Å². The first-order valence-electron chi connectivity index (χ1n) is 17.3. The molecule has 1 saturated carbocycles. The minimum Gasteiger partial charge on any atom is -0.469 e. The average molecular weight is 692 g/mol. The second-order valence-corrected chi connectivity index (χ2v) is 14.1. The van der Waals surface area contributed by atoms with E-state index in [-0.39, 0.29) is 54.3 Å². The Bertz CT molecular complexity index is 1980. The summed E-state index contributed by atoms with van der Waals surface area (Å²) in [5, 5.41) is 1.58. The quantitative estimate of drug-likeness (QED) is 0.148. The second kappa shape index (κ2) is 12.8. The maximum absolute atomic E-state index is 17.1. The minimum absolute atomic E-state index is 0.000136. The van der Waals surface area contributed by atoms with Crippen LogP contribution in [0.4, 0.5) is 19.0 Å². The number of methoxy groups -OCH3 is 2. The third-order valence-corrected chi connectivity index (χ3v) is 11.3. The van der Waals surface area contributed by atoms with Crippen molar-refractivity contribution >= 4 is 33.5 Å². The number of hydrogen-bond acceptors (Lipinski definition) is 10. The van der Waals surface area contributed by atoms with Gasteiger partial charge in [-0.25, -0.2) is 13.2 Å². The molecule has 0 radical (unpaired) electrons. The number of aromatic nitrogens is 3. The van der Waals surface area contributed by atoms with Crippen LogP contribution in [0.5, 0.6) is 11.8 Å². The molecule has 2 aromatic carbocycles. The Morgan fingerprint density at radius 1 is 1.10 bits per heavy atom. The molecular formula is C37H40F3N5O5. The largest absolute Gasteiger partial charge is 0.469 e. The SMILES string of the molecule is CCc1c(F)ccc2cc(OCOC)cc(-c3ncc4c(N5CC6CC(C(=O)OC)C6C5)nc(OC[C@@]56CCCN5C[C@H](F)C6)nc4c3F)c12. The van der Waals surface area contributed by atoms with Crippen LogP contribution in [0.3, 0.4) is 0 Å². The number of aryl methyl sites for hydroxylation is 1. The van der Waals surface area contributed by atoms with Crippen LogP contribution in [-0.2, 0) is 20.7 Å². The lowest BCUT2D eigenvalue weighted by Crippen LogP contribution is -2.43. The molecule has 4 aliphatic rings. The van der Waals surface area contributed by atoms with Crippen LogP contribution in [0, 0.1) is 29.4 Å². The Balaban J connectivity index is 1.25. The lowest BCUT2D eigenvalue weighted by Gasteiger charge is -2.36. The lowest BCUT2D eigenvalue weighted by atomic mass is 9.67. The molecular weight excluding hydrogens is 651 g/mol. The van der Waals surface area contributed by atoms with Gasteiger partial charge in [0.2, 0.25) is 0 Å². The van der Waals surface area contributed by atoms with Crippen molar-refractivity contribution in [2.75, 3.05) is 58.7 Å². The van der Waals surface area contributed by atoms with Crippen molar-refractivity contribution in [3.8, 4) is 23.0 Å². The molecule has 1 aliphatic carbocycles. The molecule has 3 aliphatic heterocycles. The molecule has 0 spiro atoms. The molecule has 0 N–H and O–H groups in total. The van der Waals surface area contributed by atoms with Gasteiger partial charge in [0.1, 0.15) is 41.4 Å². The summed E-state index contributed by atoms with van der Waals surface area (Å²) in [7, 11) is 2.90. The number of benzene rings is 2. The standard InChI is InChI=1S/C37H40F3N5O5/c1-4-24-29(39)7-6-20-10-23(50-19-47-2)12-26(30(20)24)32-31(40)33-27(14-41-32)34(44-15-21-11-25(28(21)17-44)35(46)48-3)43-36(42-33)49-18-37-8-5-9-45(37)16-22(38)13-37/h6-7,10,12,14,21-22,25,28H,4-5,8-9,11,13,15-19H2,1-3H3/t21?,22-,25?,28?,37+/m1/s1. The third-order valence-electron chi connectivity index (χ3n) is 11.3. The van der Waals surface area contributed by atoms with Crippen LogP contribution in [-0.4, -0.2) is 91.3 Å². The molecule has 4 aromatic rings. The smallest absolute Gasteiger partial charge is 0.319 e. The summed E-state index contributed by atoms with van der Waals surface area (Å²) in [6, 6.07) is 6.42. The van der Waals surface area contributed by atoms with E-state index in [1.807, 2.05) is 11.8 Å². The van der Waals surface area contributed by atoms with Crippen LogP contribution < -0.4 is 14.4 Å². The van der Waals surface area contributed by atoms with Crippen LogP contribution in [0.2, 0.25) is 0 Å². The van der Waals surface area contributed by atoms with Crippen molar-refractivity contribution in [3.63, 3.8) is 0 Å². The molecule has 5 atom stereocenters. The predicted octanol–water partition coefficient (Wildman–Crippen LogP) is 5.87. The first-order chi connectivity index (χ1) is 24.2. The molecule has 3 saturated heterocycles. The Kier molecular flexibility index (Phi) is 8.45. The van der Waals surface area contributed by atoms with E-state index in [9.17, 15) is 9.18 Å². The fourth-order valence-corrected chi connectivity index (χ4v) is 8.90. The summed E-state index contributed by atoms with van der Waals surface area (Å²) >= 11 is 0. The molecule has 2 aromatic heterocycles. The highest BCUT2D eigenvalue weighted by Gasteiger charge is 2.52. The monoisotopic (exact) mass is 691 g/mol. The Morgan fingerprint density at radius 3 is 2.76 bits per heavy atom. The third kappa shape index (κ3) is 5.40. The van der Waals surface area contributed by atoms with E-state index in [4.69, 9.17) is 23.9 Å². The van der Waals surface area contributed by atoms with Crippen LogP contribution >= 0.6 is 0 Å². The minimum atomic E-state index is -0.933. The normalized spacial score (nSPS) is 25.9. The number of anilines is 1. The highest BCUT2D eigenvalue weighted by atomic mass is 19.1. The van der Waals surface area contributed by atoms with E-state index >= 15 is 8.78 Å². The molecule has 264 valence electrons. The van der Waals surface area contributed by atoms with Gasteiger partial charge in [-0.05, 0) is 78.6 Å². The average Bonchev–Trinajstić information content (AvgIpc) is 3.75. The maximum atomic E-state index is 17.1. The van der Waals surface area contributed by atoms with Gasteiger partial charge in [-0.15, -0.1) is 0 Å². The first kappa shape index (κ1) is 32.9. The predicted molar refractivity (Wildman–Crippen MR) is 180 cm³/mol. The van der Waals surface area contributed by atoms with Gasteiger partial charge in [0, 0.05) is 44.9 Å². The summed E-state index contributed by atoms with van der Waals surface area (Å²) in [6.45, 7) is 4.32. The maximum Gasteiger partial charge on any atom is 0.319 e. The zero-order valence-electron chi connectivity index (χ0n) is 28.4. The molecule has 8 rings (SSSR count). The molecule has 0 amide bonds. The van der Waals surface area contributed by atoms with Gasteiger partial charge >= 0.3 is 12.0 Å². The van der Waals surface area contributed by atoms with E-state index in [1.165, 1.54) is 20.3 Å². The van der Waals surface area contributed by atoms with Gasteiger partial charge in [-0.1, -0.05) is 13.0 Å². The highest BCUT2D eigenvalue weighted by Crippen LogP contribution is 2.48. The van der Waals surface area contributed by atoms with Gasteiger partial charge in [-0.2, -0.15) is 9.97 Å². The summed E-state index contributed by atoms with van der Waals surface area (Å²) in [5.74, 6) is -0.318. The summed E-state index contributed by atoms with van der Waals surface area (Å²) in [4.78, 5) is 30.7. The van der Waals surface area contributed by atoms with Crippen LogP contribution in [0.25, 0.3) is 32.9 Å². The molecule has 0 bridgehead atoms. The molecule has 50 heavy (non-hydrogen) atoms. The fraction of sp³-hybridized carbons (Fsp3) is 0.514. The number of pyridine rings is 1. The second-order valence-electron chi connectivity index (χ2n) is 14.1. The fourth-order valence-electron chi connectivity index (χ4n) is 8.90. The van der Waals surface area contributed by atoms with Crippen molar-refractivity contribution in [2.45, 2.75) is 50.7 Å². The Labute approximate surface area is 287 Å². The number of carbonyl (C=O) groups excluding carboxylic acids is 1. The lowest BCUT2D eigenvalue weighted by molar-refractivity contribution is -0.153. The summed E-state index contributed by atoms with van der Waals surface area (Å²) in [5.41, 5.74) is 0.306. The molecule has 3 unspecified atom stereocenters. The summed E-state index contributed by atoms with van der Waals surface area (Å²) < 4.78 is 69.1. The number of nitrogens with zero attached hydrogens (tertiary/aromatic N) is 5. The van der Waals surface area contributed by atoms with Crippen molar-refractivity contribution in [3.05, 3.63) is 47.7 Å². The van der Waals surface area contributed by atoms with Crippen molar-refractivity contribution in [1.82, 2.24) is 19.9 Å². The van der Waals surface area contributed by atoms with Crippen molar-refractivity contribution in [1.29, 1.82) is 0 Å². The van der Waals surface area contributed by atoms with Crippen LogP contribution in [0.15, 0.2) is 30.5 Å². The molecule has 4 fully saturated rings. The van der Waals surface area contributed by atoms with Gasteiger partial charge in [0.05, 0.1) is 24.0 Å². The topological polar surface area (TPSA) is 99.1 Å². The van der Waals surface area contributed by atoms with Crippen LogP contribution in [0.1, 0.15) is 38.2 Å². The highest BCUT2D eigenvalue weighted by molar-refractivity contribution is 6.02. The van der Waals surface area contributed by atoms with E-state index in [0.29, 0.717) is 77.7 Å². The van der Waals surface area contributed by atoms with E-state index in [2.05, 4.69) is 14.9 Å². The van der Waals surface area contributed by atoms with Gasteiger partial charge in [-0.3, -0.25) is 14.7 Å². The summed E-state index contributed by atoms with van der Waals surface area (Å²) in [6.07, 6.45) is 3.81. The number of alkyl halides is 1. The zero-order chi connectivity index (χ0) is 34.7. The molecule has 5 heterocycles. The number of fused-ring (bicyclic) bond motifs is 4. The number of carbonyl (C=O) groups is 1. The van der Waals surface area contributed by atoms with Crippen molar-refractivity contribution < 1.29 is 36.9 Å². The Morgan fingerprint density at radius 2 is 1.96 bits per heavy atom. The number of ether oxygens (including phenoxy) is 4.